The molecule has 0 saturated carbocycles. The van der Waals surface area contributed by atoms with Gasteiger partial charge in [-0.3, -0.25) is 0 Å². The highest BCUT2D eigenvalue weighted by atomic mass is 16.5. The van der Waals surface area contributed by atoms with E-state index in [1.807, 2.05) is 84.9 Å². The van der Waals surface area contributed by atoms with Gasteiger partial charge in [-0.1, -0.05) is 48.5 Å². The van der Waals surface area contributed by atoms with Crippen LogP contribution in [0.1, 0.15) is 11.1 Å². The second-order valence-electron chi connectivity index (χ2n) is 6.05. The zero-order chi connectivity index (χ0) is 19.2. The highest BCUT2D eigenvalue weighted by Gasteiger charge is 2.11. The third-order valence-corrected chi connectivity index (χ3v) is 4.08. The Balaban J connectivity index is 1.51. The predicted molar refractivity (Wildman–Crippen MR) is 109 cm³/mol. The average molecular weight is 364 g/mol. The number of hydrogen-bond acceptors (Lipinski definition) is 4. The second kappa shape index (κ2) is 8.07. The van der Waals surface area contributed by atoms with Crippen LogP contribution in [-0.2, 0) is 0 Å². The van der Waals surface area contributed by atoms with Gasteiger partial charge in [0.05, 0.1) is 0 Å². The summed E-state index contributed by atoms with van der Waals surface area (Å²) in [6.07, 6.45) is 1.67. The molecule has 0 radical (unpaired) electrons. The smallest absolute Gasteiger partial charge is 0.237 e. The third kappa shape index (κ3) is 4.00. The Morgan fingerprint density at radius 2 is 1.46 bits per heavy atom. The Hall–Kier alpha value is -4.10. The molecule has 0 N–H and O–H groups in total. The molecule has 0 bridgehead atoms. The van der Waals surface area contributed by atoms with E-state index in [0.29, 0.717) is 17.2 Å². The molecule has 4 nitrogen and oxygen atoms in total. The van der Waals surface area contributed by atoms with Gasteiger partial charge in [0.25, 0.3) is 0 Å². The van der Waals surface area contributed by atoms with Crippen molar-refractivity contribution in [1.29, 1.82) is 5.26 Å². The van der Waals surface area contributed by atoms with Crippen LogP contribution in [0.3, 0.4) is 0 Å². The Bertz CT molecular complexity index is 1120. The zero-order valence-electron chi connectivity index (χ0n) is 14.9. The van der Waals surface area contributed by atoms with Gasteiger partial charge >= 0.3 is 0 Å². The van der Waals surface area contributed by atoms with Crippen molar-refractivity contribution < 1.29 is 9.15 Å². The standard InChI is InChI=1S/C24H16N2O2/c25-16-20-15-23(19-7-3-1-4-8-19)28-24(20)26-17-18-11-13-22(14-12-18)27-21-9-5-2-6-10-21/h1-15,17H. The molecule has 0 unspecified atom stereocenters. The molecule has 134 valence electrons. The first-order chi connectivity index (χ1) is 13.8. The molecule has 4 aromatic rings. The molecular weight excluding hydrogens is 348 g/mol. The maximum atomic E-state index is 9.35. The second-order valence-corrected chi connectivity index (χ2v) is 6.05. The van der Waals surface area contributed by atoms with Gasteiger partial charge in [-0.25, -0.2) is 4.99 Å². The number of benzene rings is 3. The maximum Gasteiger partial charge on any atom is 0.237 e. The summed E-state index contributed by atoms with van der Waals surface area (Å²) >= 11 is 0. The number of para-hydroxylation sites is 1. The van der Waals surface area contributed by atoms with Crippen molar-refractivity contribution in [3.63, 3.8) is 0 Å². The highest BCUT2D eigenvalue weighted by Crippen LogP contribution is 2.30. The lowest BCUT2D eigenvalue weighted by Gasteiger charge is -2.05. The molecule has 0 fully saturated rings. The summed E-state index contributed by atoms with van der Waals surface area (Å²) in [4.78, 5) is 4.35. The first-order valence-electron chi connectivity index (χ1n) is 8.78. The first-order valence-corrected chi connectivity index (χ1v) is 8.78. The molecular formula is C24H16N2O2. The molecule has 0 saturated heterocycles. The third-order valence-electron chi connectivity index (χ3n) is 4.08. The van der Waals surface area contributed by atoms with Crippen molar-refractivity contribution in [3.05, 3.63) is 102 Å². The number of rotatable bonds is 5. The number of ether oxygens (including phenoxy) is 1. The molecule has 4 heteroatoms. The molecule has 3 aromatic carbocycles. The van der Waals surface area contributed by atoms with Gasteiger partial charge in [0.1, 0.15) is 28.9 Å². The molecule has 0 spiro atoms. The molecule has 0 aliphatic heterocycles. The van der Waals surface area contributed by atoms with Crippen LogP contribution < -0.4 is 4.74 Å². The van der Waals surface area contributed by atoms with Crippen LogP contribution in [0.2, 0.25) is 0 Å². The topological polar surface area (TPSA) is 58.5 Å². The fourth-order valence-corrected chi connectivity index (χ4v) is 2.68. The number of furan rings is 1. The quantitative estimate of drug-likeness (QED) is 0.387. The SMILES string of the molecule is N#Cc1cc(-c2ccccc2)oc1N=Cc1ccc(Oc2ccccc2)cc1. The van der Waals surface area contributed by atoms with Crippen LogP contribution in [0.15, 0.2) is 100 Å². The van der Waals surface area contributed by atoms with Gasteiger partial charge in [-0.15, -0.1) is 0 Å². The van der Waals surface area contributed by atoms with Crippen LogP contribution >= 0.6 is 0 Å². The van der Waals surface area contributed by atoms with E-state index in [-0.39, 0.29) is 0 Å². The largest absolute Gasteiger partial charge is 0.457 e. The molecule has 28 heavy (non-hydrogen) atoms. The predicted octanol–water partition coefficient (Wildman–Crippen LogP) is 6.36. The number of hydrogen-bond donors (Lipinski definition) is 0. The number of nitrogens with zero attached hydrogens (tertiary/aromatic N) is 2. The van der Waals surface area contributed by atoms with Crippen LogP contribution in [0.25, 0.3) is 11.3 Å². The fraction of sp³-hybridized carbons (Fsp3) is 0. The summed E-state index contributed by atoms with van der Waals surface area (Å²) in [7, 11) is 0. The van der Waals surface area contributed by atoms with Crippen molar-refractivity contribution in [1.82, 2.24) is 0 Å². The average Bonchev–Trinajstić information content (AvgIpc) is 3.18. The van der Waals surface area contributed by atoms with Crippen LogP contribution in [0.5, 0.6) is 11.5 Å². The van der Waals surface area contributed by atoms with E-state index in [0.717, 1.165) is 22.6 Å². The number of nitriles is 1. The monoisotopic (exact) mass is 364 g/mol. The van der Waals surface area contributed by atoms with Gasteiger partial charge in [0.15, 0.2) is 0 Å². The van der Waals surface area contributed by atoms with Crippen LogP contribution in [0, 0.1) is 11.3 Å². The minimum Gasteiger partial charge on any atom is -0.457 e. The van der Waals surface area contributed by atoms with E-state index >= 15 is 0 Å². The van der Waals surface area contributed by atoms with Gasteiger partial charge < -0.3 is 9.15 Å². The van der Waals surface area contributed by atoms with Gasteiger partial charge in [0, 0.05) is 17.8 Å². The Kier molecular flexibility index (Phi) is 4.99. The van der Waals surface area contributed by atoms with Gasteiger partial charge in [-0.05, 0) is 42.0 Å². The van der Waals surface area contributed by atoms with Crippen LogP contribution in [-0.4, -0.2) is 6.21 Å². The summed E-state index contributed by atoms with van der Waals surface area (Å²) in [5.41, 5.74) is 2.18. The van der Waals surface area contributed by atoms with Crippen molar-refractivity contribution in [3.8, 4) is 28.9 Å². The van der Waals surface area contributed by atoms with Gasteiger partial charge in [0.2, 0.25) is 5.88 Å². The summed E-state index contributed by atoms with van der Waals surface area (Å²) in [6.45, 7) is 0. The molecule has 0 aliphatic carbocycles. The number of aliphatic imine (C=N–C) groups is 1. The van der Waals surface area contributed by atoms with Crippen molar-refractivity contribution in [2.24, 2.45) is 4.99 Å². The van der Waals surface area contributed by atoms with Crippen molar-refractivity contribution in [2.75, 3.05) is 0 Å². The highest BCUT2D eigenvalue weighted by molar-refractivity contribution is 5.82. The molecule has 4 rings (SSSR count). The van der Waals surface area contributed by atoms with E-state index in [1.54, 1.807) is 12.3 Å². The normalized spacial score (nSPS) is 10.7. The lowest BCUT2D eigenvalue weighted by atomic mass is 10.1. The summed E-state index contributed by atoms with van der Waals surface area (Å²) in [5, 5.41) is 9.35. The Morgan fingerprint density at radius 1 is 0.821 bits per heavy atom. The van der Waals surface area contributed by atoms with Crippen molar-refractivity contribution in [2.45, 2.75) is 0 Å². The van der Waals surface area contributed by atoms with E-state index in [4.69, 9.17) is 9.15 Å². The molecule has 0 aliphatic rings. The fourth-order valence-electron chi connectivity index (χ4n) is 2.68. The van der Waals surface area contributed by atoms with Crippen LogP contribution in [0.4, 0.5) is 5.88 Å². The van der Waals surface area contributed by atoms with E-state index < -0.39 is 0 Å². The lowest BCUT2D eigenvalue weighted by Crippen LogP contribution is -1.85. The Labute approximate surface area is 163 Å². The minimum absolute atomic E-state index is 0.297. The van der Waals surface area contributed by atoms with Gasteiger partial charge in [-0.2, -0.15) is 5.26 Å². The Morgan fingerprint density at radius 3 is 2.14 bits per heavy atom. The first kappa shape index (κ1) is 17.3. The lowest BCUT2D eigenvalue weighted by molar-refractivity contribution is 0.482. The minimum atomic E-state index is 0.297. The molecule has 1 heterocycles. The van der Waals surface area contributed by atoms with E-state index in [2.05, 4.69) is 11.1 Å². The summed E-state index contributed by atoms with van der Waals surface area (Å²) < 4.78 is 11.5. The molecule has 0 amide bonds. The maximum absolute atomic E-state index is 9.35. The molecule has 0 atom stereocenters. The summed E-state index contributed by atoms with van der Waals surface area (Å²) in [5.74, 6) is 2.44. The zero-order valence-corrected chi connectivity index (χ0v) is 14.9. The molecule has 1 aromatic heterocycles. The van der Waals surface area contributed by atoms with E-state index in [9.17, 15) is 5.26 Å². The van der Waals surface area contributed by atoms with E-state index in [1.165, 1.54) is 0 Å². The summed E-state index contributed by atoms with van der Waals surface area (Å²) in [6, 6.07) is 30.6. The van der Waals surface area contributed by atoms with Crippen molar-refractivity contribution >= 4 is 12.1 Å².